The van der Waals surface area contributed by atoms with Gasteiger partial charge < -0.3 is 9.88 Å². The maximum Gasteiger partial charge on any atom is 0.282 e. The van der Waals surface area contributed by atoms with E-state index in [1.807, 2.05) is 17.8 Å². The average Bonchev–Trinajstić information content (AvgIpc) is 3.10. The second-order valence-electron chi connectivity index (χ2n) is 5.56. The minimum atomic E-state index is -2.69. The molecule has 1 saturated carbocycles. The Balaban J connectivity index is 1.81. The van der Waals surface area contributed by atoms with Crippen molar-refractivity contribution in [2.24, 2.45) is 20.0 Å². The van der Waals surface area contributed by atoms with E-state index in [4.69, 9.17) is 0 Å². The van der Waals surface area contributed by atoms with Crippen LogP contribution in [0.2, 0.25) is 0 Å². The number of carbonyl (C=O) groups is 1. The van der Waals surface area contributed by atoms with Crippen molar-refractivity contribution in [1.82, 2.24) is 24.6 Å². The molecule has 0 unspecified atom stereocenters. The first-order valence-electron chi connectivity index (χ1n) is 7.07. The fraction of sp³-hybridized carbons (Fsp3) is 0.500. The van der Waals surface area contributed by atoms with Gasteiger partial charge in [0.25, 0.3) is 12.3 Å². The van der Waals surface area contributed by atoms with E-state index in [2.05, 4.69) is 15.4 Å². The second-order valence-corrected chi connectivity index (χ2v) is 5.56. The molecule has 1 N–H and O–H groups in total. The van der Waals surface area contributed by atoms with Crippen molar-refractivity contribution < 1.29 is 13.6 Å². The third-order valence-corrected chi connectivity index (χ3v) is 3.87. The number of rotatable bonds is 5. The second kappa shape index (κ2) is 5.51. The van der Waals surface area contributed by atoms with Crippen LogP contribution in [0.4, 0.5) is 8.78 Å². The van der Waals surface area contributed by atoms with E-state index in [0.29, 0.717) is 5.92 Å². The van der Waals surface area contributed by atoms with Crippen LogP contribution < -0.4 is 5.32 Å². The van der Waals surface area contributed by atoms with Crippen LogP contribution in [0.1, 0.15) is 47.3 Å². The van der Waals surface area contributed by atoms with Gasteiger partial charge in [0.05, 0.1) is 6.04 Å². The van der Waals surface area contributed by atoms with Gasteiger partial charge in [-0.05, 0) is 24.8 Å². The van der Waals surface area contributed by atoms with Crippen LogP contribution in [0.3, 0.4) is 0 Å². The molecule has 0 radical (unpaired) electrons. The van der Waals surface area contributed by atoms with Crippen molar-refractivity contribution >= 4 is 5.91 Å². The Kier molecular flexibility index (Phi) is 3.67. The van der Waals surface area contributed by atoms with Crippen LogP contribution in [0.25, 0.3) is 0 Å². The zero-order valence-corrected chi connectivity index (χ0v) is 12.3. The number of nitrogens with one attached hydrogen (secondary N) is 1. The van der Waals surface area contributed by atoms with E-state index in [9.17, 15) is 13.6 Å². The summed E-state index contributed by atoms with van der Waals surface area (Å²) in [6, 6.07) is 0.917. The first-order valence-corrected chi connectivity index (χ1v) is 7.07. The summed E-state index contributed by atoms with van der Waals surface area (Å²) in [5.74, 6) is 0.696. The van der Waals surface area contributed by atoms with E-state index in [-0.39, 0.29) is 11.7 Å². The summed E-state index contributed by atoms with van der Waals surface area (Å²) in [7, 11) is 3.34. The highest BCUT2D eigenvalue weighted by Gasteiger charge is 2.36. The number of aryl methyl sites for hydroxylation is 2. The molecule has 3 rings (SSSR count). The quantitative estimate of drug-likeness (QED) is 0.918. The average molecular weight is 309 g/mol. The number of aromatic nitrogens is 4. The lowest BCUT2D eigenvalue weighted by Crippen LogP contribution is -2.32. The molecule has 1 aliphatic carbocycles. The summed E-state index contributed by atoms with van der Waals surface area (Å²) in [5, 5.41) is 6.57. The van der Waals surface area contributed by atoms with Gasteiger partial charge in [-0.25, -0.2) is 13.8 Å². The van der Waals surface area contributed by atoms with Crippen molar-refractivity contribution in [2.45, 2.75) is 25.3 Å². The molecule has 2 aromatic rings. The number of amides is 1. The Hall–Kier alpha value is -2.25. The van der Waals surface area contributed by atoms with E-state index in [0.717, 1.165) is 24.7 Å². The summed E-state index contributed by atoms with van der Waals surface area (Å²) in [5.41, 5.74) is -0.275. The molecule has 1 amide bonds. The van der Waals surface area contributed by atoms with Crippen molar-refractivity contribution in [1.29, 1.82) is 0 Å². The molecule has 1 fully saturated rings. The van der Waals surface area contributed by atoms with E-state index in [1.165, 1.54) is 11.7 Å². The number of imidazole rings is 1. The zero-order valence-electron chi connectivity index (χ0n) is 12.3. The van der Waals surface area contributed by atoms with Gasteiger partial charge in [0, 0.05) is 26.5 Å². The molecule has 0 saturated heterocycles. The number of halogens is 2. The van der Waals surface area contributed by atoms with Crippen molar-refractivity contribution in [2.75, 3.05) is 0 Å². The molecule has 8 heteroatoms. The predicted octanol–water partition coefficient (Wildman–Crippen LogP) is 1.97. The highest BCUT2D eigenvalue weighted by molar-refractivity contribution is 5.93. The largest absolute Gasteiger partial charge is 0.340 e. The molecule has 0 aliphatic heterocycles. The molecule has 0 aromatic carbocycles. The Labute approximate surface area is 126 Å². The van der Waals surface area contributed by atoms with Gasteiger partial charge in [0.1, 0.15) is 17.2 Å². The van der Waals surface area contributed by atoms with Crippen LogP contribution in [0, 0.1) is 5.92 Å². The number of hydrogen-bond donors (Lipinski definition) is 1. The summed E-state index contributed by atoms with van der Waals surface area (Å²) in [4.78, 5) is 16.7. The number of alkyl halides is 2. The van der Waals surface area contributed by atoms with Crippen LogP contribution in [0.5, 0.6) is 0 Å². The van der Waals surface area contributed by atoms with E-state index in [1.54, 1.807) is 6.20 Å². The normalized spacial score (nSPS) is 16.0. The van der Waals surface area contributed by atoms with Gasteiger partial charge >= 0.3 is 0 Å². The van der Waals surface area contributed by atoms with Crippen LogP contribution in [-0.4, -0.2) is 25.2 Å². The molecule has 0 spiro atoms. The first kappa shape index (κ1) is 14.7. The standard InChI is InChI=1S/C14H17F2N5O/c1-20-6-5-17-13(20)11(8-3-4-8)18-14(22)10-7-9(12(15)16)19-21(10)2/h5-8,11-12H,3-4H2,1-2H3,(H,18,22)/t11-/m1/s1. The minimum absolute atomic E-state index is 0.121. The Morgan fingerprint density at radius 2 is 2.14 bits per heavy atom. The van der Waals surface area contributed by atoms with Crippen molar-refractivity contribution in [3.05, 3.63) is 35.7 Å². The van der Waals surface area contributed by atoms with Gasteiger partial charge in [-0.3, -0.25) is 9.48 Å². The molecule has 1 aliphatic rings. The molecule has 1 atom stereocenters. The van der Waals surface area contributed by atoms with Gasteiger partial charge in [-0.15, -0.1) is 0 Å². The Morgan fingerprint density at radius 1 is 1.41 bits per heavy atom. The Morgan fingerprint density at radius 3 is 2.64 bits per heavy atom. The van der Waals surface area contributed by atoms with Crippen molar-refractivity contribution in [3.63, 3.8) is 0 Å². The molecule has 2 heterocycles. The summed E-state index contributed by atoms with van der Waals surface area (Å²) in [6.07, 6.45) is 2.84. The monoisotopic (exact) mass is 309 g/mol. The lowest BCUT2D eigenvalue weighted by molar-refractivity contribution is 0.0919. The van der Waals surface area contributed by atoms with Gasteiger partial charge in [-0.2, -0.15) is 5.10 Å². The Bertz CT molecular complexity index is 689. The number of hydrogen-bond acceptors (Lipinski definition) is 3. The molecular weight excluding hydrogens is 292 g/mol. The number of nitrogens with zero attached hydrogens (tertiary/aromatic N) is 4. The number of carbonyl (C=O) groups excluding carboxylic acids is 1. The van der Waals surface area contributed by atoms with Gasteiger partial charge in [0.15, 0.2) is 0 Å². The summed E-state index contributed by atoms with van der Waals surface area (Å²) in [6.45, 7) is 0. The van der Waals surface area contributed by atoms with Gasteiger partial charge in [-0.1, -0.05) is 0 Å². The minimum Gasteiger partial charge on any atom is -0.340 e. The molecule has 118 valence electrons. The third kappa shape index (κ3) is 2.72. The highest BCUT2D eigenvalue weighted by atomic mass is 19.3. The fourth-order valence-electron chi connectivity index (χ4n) is 2.52. The predicted molar refractivity (Wildman–Crippen MR) is 74.3 cm³/mol. The summed E-state index contributed by atoms with van der Waals surface area (Å²) < 4.78 is 28.4. The van der Waals surface area contributed by atoms with Crippen LogP contribution in [0.15, 0.2) is 18.5 Å². The lowest BCUT2D eigenvalue weighted by atomic mass is 10.1. The van der Waals surface area contributed by atoms with E-state index < -0.39 is 18.0 Å². The molecular formula is C14H17F2N5O. The van der Waals surface area contributed by atoms with Crippen LogP contribution in [-0.2, 0) is 14.1 Å². The SMILES string of the molecule is Cn1ccnc1[C@H](NC(=O)c1cc(C(F)F)nn1C)C1CC1. The zero-order chi connectivity index (χ0) is 15.9. The smallest absolute Gasteiger partial charge is 0.282 e. The molecule has 2 aromatic heterocycles. The fourth-order valence-corrected chi connectivity index (χ4v) is 2.52. The highest BCUT2D eigenvalue weighted by Crippen LogP contribution is 2.40. The third-order valence-electron chi connectivity index (χ3n) is 3.87. The maximum absolute atomic E-state index is 12.7. The van der Waals surface area contributed by atoms with Crippen LogP contribution >= 0.6 is 0 Å². The molecule has 22 heavy (non-hydrogen) atoms. The van der Waals surface area contributed by atoms with E-state index >= 15 is 0 Å². The first-order chi connectivity index (χ1) is 10.5. The molecule has 6 nitrogen and oxygen atoms in total. The lowest BCUT2D eigenvalue weighted by Gasteiger charge is -2.18. The molecule has 0 bridgehead atoms. The van der Waals surface area contributed by atoms with Crippen molar-refractivity contribution in [3.8, 4) is 0 Å². The maximum atomic E-state index is 12.7. The summed E-state index contributed by atoms with van der Waals surface area (Å²) >= 11 is 0. The van der Waals surface area contributed by atoms with Gasteiger partial charge in [0.2, 0.25) is 0 Å². The topological polar surface area (TPSA) is 64.7 Å².